The Morgan fingerprint density at radius 2 is 2.30 bits per heavy atom. The number of nitro benzene ring substituents is 1. The number of nitrogens with two attached hydrogens (primary N) is 1. The van der Waals surface area contributed by atoms with Gasteiger partial charge in [-0.05, 0) is 5.56 Å². The molecule has 2 N–H and O–H groups in total. The third-order valence-corrected chi connectivity index (χ3v) is 3.34. The van der Waals surface area contributed by atoms with E-state index in [9.17, 15) is 15.2 Å². The van der Waals surface area contributed by atoms with E-state index < -0.39 is 10.7 Å². The molecular formula is C11H10BrN4O3S-. The van der Waals surface area contributed by atoms with Crippen LogP contribution in [-0.4, -0.2) is 22.1 Å². The van der Waals surface area contributed by atoms with Crippen molar-refractivity contribution in [1.29, 1.82) is 0 Å². The van der Waals surface area contributed by atoms with Crippen LogP contribution in [-0.2, 0) is 0 Å². The van der Waals surface area contributed by atoms with E-state index in [0.717, 1.165) is 18.3 Å². The zero-order valence-corrected chi connectivity index (χ0v) is 12.6. The van der Waals surface area contributed by atoms with Gasteiger partial charge in [0, 0.05) is 22.4 Å². The summed E-state index contributed by atoms with van der Waals surface area (Å²) in [7, 11) is 0. The maximum absolute atomic E-state index is 11.7. The molecule has 106 valence electrons. The van der Waals surface area contributed by atoms with Crippen molar-refractivity contribution in [3.63, 3.8) is 0 Å². The summed E-state index contributed by atoms with van der Waals surface area (Å²) in [5.74, 6) is 0.173. The first kappa shape index (κ1) is 16.2. The Kier molecular flexibility index (Phi) is 6.19. The van der Waals surface area contributed by atoms with Crippen molar-refractivity contribution in [3.8, 4) is 5.75 Å². The maximum Gasteiger partial charge on any atom is 0.271 e. The first-order valence-corrected chi connectivity index (χ1v) is 6.98. The van der Waals surface area contributed by atoms with Crippen molar-refractivity contribution in [1.82, 2.24) is 0 Å². The number of rotatable bonds is 5. The third-order valence-electron chi connectivity index (χ3n) is 1.97. The minimum Gasteiger partial charge on any atom is -0.871 e. The molecule has 1 rings (SSSR count). The fourth-order valence-electron chi connectivity index (χ4n) is 1.12. The van der Waals surface area contributed by atoms with Crippen LogP contribution >= 0.6 is 27.7 Å². The Balaban J connectivity index is 2.96. The number of thioether (sulfide) groups is 1. The molecule has 0 unspecified atom stereocenters. The number of nitrogens with zero attached hydrogens (tertiary/aromatic N) is 3. The number of non-ortho nitro benzene ring substituents is 1. The highest BCUT2D eigenvalue weighted by Crippen LogP contribution is 2.29. The number of amidine groups is 1. The van der Waals surface area contributed by atoms with Gasteiger partial charge in [-0.1, -0.05) is 39.5 Å². The third kappa shape index (κ3) is 4.67. The normalized spacial score (nSPS) is 11.8. The number of halogens is 1. The molecule has 0 heterocycles. The Morgan fingerprint density at radius 3 is 2.90 bits per heavy atom. The van der Waals surface area contributed by atoms with Gasteiger partial charge >= 0.3 is 0 Å². The molecule has 0 aromatic heterocycles. The Morgan fingerprint density at radius 1 is 1.60 bits per heavy atom. The SMILES string of the molecule is C=CCS/C(N)=N/N=C\c1cc([N+](=O)[O-])cc(Br)c1[O-]. The van der Waals surface area contributed by atoms with Crippen LogP contribution in [0.4, 0.5) is 5.69 Å². The summed E-state index contributed by atoms with van der Waals surface area (Å²) in [6, 6.07) is 2.26. The van der Waals surface area contributed by atoms with Crippen molar-refractivity contribution in [2.75, 3.05) is 5.75 Å². The van der Waals surface area contributed by atoms with Gasteiger partial charge in [0.25, 0.3) is 5.69 Å². The number of hydrogen-bond acceptors (Lipinski definition) is 6. The highest BCUT2D eigenvalue weighted by molar-refractivity contribution is 9.10. The van der Waals surface area contributed by atoms with Crippen molar-refractivity contribution < 1.29 is 10.0 Å². The highest BCUT2D eigenvalue weighted by Gasteiger charge is 2.09. The lowest BCUT2D eigenvalue weighted by atomic mass is 10.2. The average molecular weight is 358 g/mol. The second-order valence-corrected chi connectivity index (χ2v) is 5.28. The van der Waals surface area contributed by atoms with Gasteiger partial charge in [-0.25, -0.2) is 0 Å². The Bertz CT molecular complexity index is 589. The molecule has 0 fully saturated rings. The lowest BCUT2D eigenvalue weighted by Crippen LogP contribution is -2.06. The van der Waals surface area contributed by atoms with Crippen LogP contribution in [0.1, 0.15) is 5.56 Å². The summed E-state index contributed by atoms with van der Waals surface area (Å²) in [5.41, 5.74) is 5.37. The summed E-state index contributed by atoms with van der Waals surface area (Å²) in [6.07, 6.45) is 2.78. The number of benzene rings is 1. The molecule has 0 saturated carbocycles. The van der Waals surface area contributed by atoms with Gasteiger partial charge < -0.3 is 10.8 Å². The molecule has 7 nitrogen and oxygen atoms in total. The molecule has 0 saturated heterocycles. The van der Waals surface area contributed by atoms with Gasteiger partial charge in [0.2, 0.25) is 0 Å². The lowest BCUT2D eigenvalue weighted by Gasteiger charge is -2.11. The molecule has 9 heteroatoms. The fourth-order valence-corrected chi connectivity index (χ4v) is 1.98. The molecule has 1 aromatic carbocycles. The largest absolute Gasteiger partial charge is 0.871 e. The topological polar surface area (TPSA) is 117 Å². The molecule has 0 bridgehead atoms. The fraction of sp³-hybridized carbons (Fsp3) is 0.0909. The van der Waals surface area contributed by atoms with Crippen LogP contribution in [0.2, 0.25) is 0 Å². The molecule has 0 aliphatic heterocycles. The number of nitro groups is 1. The summed E-state index contributed by atoms with van der Waals surface area (Å²) in [4.78, 5) is 10.1. The minimum atomic E-state index is -0.598. The number of hydrogen-bond donors (Lipinski definition) is 1. The summed E-state index contributed by atoms with van der Waals surface area (Å²) >= 11 is 4.19. The van der Waals surface area contributed by atoms with Crippen molar-refractivity contribution in [2.24, 2.45) is 15.9 Å². The zero-order valence-electron chi connectivity index (χ0n) is 10.2. The quantitative estimate of drug-likeness (QED) is 0.284. The van der Waals surface area contributed by atoms with Crippen LogP contribution in [0.25, 0.3) is 0 Å². The zero-order chi connectivity index (χ0) is 15.1. The first-order valence-electron chi connectivity index (χ1n) is 5.21. The van der Waals surface area contributed by atoms with Gasteiger partial charge in [0.05, 0.1) is 11.1 Å². The van der Waals surface area contributed by atoms with E-state index in [1.54, 1.807) is 6.08 Å². The predicted octanol–water partition coefficient (Wildman–Crippen LogP) is 2.00. The Hall–Kier alpha value is -1.87. The smallest absolute Gasteiger partial charge is 0.271 e. The van der Waals surface area contributed by atoms with Gasteiger partial charge in [-0.3, -0.25) is 10.1 Å². The molecule has 0 aliphatic rings. The summed E-state index contributed by atoms with van der Waals surface area (Å²) in [6.45, 7) is 3.53. The molecule has 1 aromatic rings. The van der Waals surface area contributed by atoms with Gasteiger partial charge in [-0.2, -0.15) is 5.10 Å². The molecule has 0 spiro atoms. The minimum absolute atomic E-state index is 0.0522. The molecule has 0 aliphatic carbocycles. The lowest BCUT2D eigenvalue weighted by molar-refractivity contribution is -0.385. The summed E-state index contributed by atoms with van der Waals surface area (Å²) in [5, 5.41) is 29.9. The standard InChI is InChI=1S/C11H11BrN4O3S/c1-2-3-20-11(13)15-14-6-7-4-8(16(18)19)5-9(12)10(7)17/h2,4-6,17H,1,3H2,(H2,13,15)/p-1/b14-6-. The van der Waals surface area contributed by atoms with E-state index in [-0.39, 0.29) is 20.9 Å². The second kappa shape index (κ2) is 7.65. The predicted molar refractivity (Wildman–Crippen MR) is 82.1 cm³/mol. The molecule has 20 heavy (non-hydrogen) atoms. The molecule has 0 radical (unpaired) electrons. The van der Waals surface area contributed by atoms with Gasteiger partial charge in [0.1, 0.15) is 0 Å². The molecule has 0 amide bonds. The maximum atomic E-state index is 11.7. The van der Waals surface area contributed by atoms with E-state index >= 15 is 0 Å². The monoisotopic (exact) mass is 357 g/mol. The van der Waals surface area contributed by atoms with E-state index in [0.29, 0.717) is 5.75 Å². The van der Waals surface area contributed by atoms with Crippen LogP contribution in [0.3, 0.4) is 0 Å². The van der Waals surface area contributed by atoms with Crippen molar-refractivity contribution >= 4 is 44.8 Å². The average Bonchev–Trinajstić information content (AvgIpc) is 2.40. The van der Waals surface area contributed by atoms with Crippen LogP contribution < -0.4 is 10.8 Å². The second-order valence-electron chi connectivity index (χ2n) is 3.39. The van der Waals surface area contributed by atoms with Gasteiger partial charge in [0.15, 0.2) is 5.17 Å². The van der Waals surface area contributed by atoms with Crippen LogP contribution in [0.15, 0.2) is 39.5 Å². The van der Waals surface area contributed by atoms with Crippen LogP contribution in [0.5, 0.6) is 5.75 Å². The van der Waals surface area contributed by atoms with Gasteiger partial charge in [-0.15, -0.1) is 11.7 Å². The summed E-state index contributed by atoms with van der Waals surface area (Å²) < 4.78 is 0.0890. The van der Waals surface area contributed by atoms with E-state index in [1.165, 1.54) is 11.8 Å². The molecular weight excluding hydrogens is 348 g/mol. The van der Waals surface area contributed by atoms with Crippen molar-refractivity contribution in [3.05, 3.63) is 44.9 Å². The van der Waals surface area contributed by atoms with E-state index in [4.69, 9.17) is 5.73 Å². The van der Waals surface area contributed by atoms with Crippen LogP contribution in [0, 0.1) is 10.1 Å². The first-order chi connectivity index (χ1) is 9.45. The van der Waals surface area contributed by atoms with E-state index in [2.05, 4.69) is 32.7 Å². The van der Waals surface area contributed by atoms with Crippen molar-refractivity contribution in [2.45, 2.75) is 0 Å². The highest BCUT2D eigenvalue weighted by atomic mass is 79.9. The van der Waals surface area contributed by atoms with E-state index in [1.807, 2.05) is 0 Å². The Labute approximate surface area is 127 Å². The molecule has 0 atom stereocenters.